The Balaban J connectivity index is 1.61. The molecule has 0 saturated carbocycles. The van der Waals surface area contributed by atoms with Crippen molar-refractivity contribution < 1.29 is 14.3 Å². The van der Waals surface area contributed by atoms with Gasteiger partial charge in [-0.1, -0.05) is 48.0 Å². The summed E-state index contributed by atoms with van der Waals surface area (Å²) in [5.74, 6) is 1.10. The second-order valence-corrected chi connectivity index (χ2v) is 6.82. The molecule has 3 aromatic rings. The second-order valence-electron chi connectivity index (χ2n) is 6.39. The summed E-state index contributed by atoms with van der Waals surface area (Å²) in [6, 6.07) is 20.9. The Bertz CT molecular complexity index is 1060. The molecule has 0 saturated heterocycles. The first-order valence-electron chi connectivity index (χ1n) is 8.82. The second kappa shape index (κ2) is 7.79. The lowest BCUT2D eigenvalue weighted by atomic mass is 10.0. The summed E-state index contributed by atoms with van der Waals surface area (Å²) < 4.78 is 11.4. The minimum Gasteiger partial charge on any atom is -0.493 e. The Morgan fingerprint density at radius 3 is 2.61 bits per heavy atom. The molecule has 0 atom stereocenters. The third kappa shape index (κ3) is 3.73. The molecule has 28 heavy (non-hydrogen) atoms. The van der Waals surface area contributed by atoms with E-state index in [1.54, 1.807) is 25.3 Å². The molecule has 0 unspecified atom stereocenters. The number of fused-ring (bicyclic) bond motifs is 1. The normalized spacial score (nSPS) is 13.9. The van der Waals surface area contributed by atoms with Gasteiger partial charge in [0.05, 0.1) is 7.11 Å². The van der Waals surface area contributed by atoms with Crippen molar-refractivity contribution in [3.63, 3.8) is 0 Å². The van der Waals surface area contributed by atoms with Gasteiger partial charge >= 0.3 is 0 Å². The van der Waals surface area contributed by atoms with Gasteiger partial charge in [0.1, 0.15) is 6.61 Å². The fraction of sp³-hybridized carbons (Fsp3) is 0.0870. The molecule has 1 heterocycles. The predicted molar refractivity (Wildman–Crippen MR) is 112 cm³/mol. The number of anilines is 1. The van der Waals surface area contributed by atoms with Crippen LogP contribution >= 0.6 is 11.6 Å². The molecule has 0 radical (unpaired) electrons. The highest BCUT2D eigenvalue weighted by Gasteiger charge is 2.24. The van der Waals surface area contributed by atoms with Gasteiger partial charge in [-0.3, -0.25) is 4.79 Å². The predicted octanol–water partition coefficient (Wildman–Crippen LogP) is 5.42. The average molecular weight is 392 g/mol. The maximum atomic E-state index is 12.3. The van der Waals surface area contributed by atoms with Crippen LogP contribution in [0.15, 0.2) is 66.7 Å². The van der Waals surface area contributed by atoms with Crippen molar-refractivity contribution in [2.75, 3.05) is 12.4 Å². The van der Waals surface area contributed by atoms with E-state index in [4.69, 9.17) is 21.1 Å². The zero-order chi connectivity index (χ0) is 19.5. The molecular weight excluding hydrogens is 374 g/mol. The van der Waals surface area contributed by atoms with Crippen LogP contribution in [0, 0.1) is 0 Å². The summed E-state index contributed by atoms with van der Waals surface area (Å²) in [7, 11) is 1.60. The summed E-state index contributed by atoms with van der Waals surface area (Å²) in [6.07, 6.45) is 1.82. The molecular formula is C23H18ClNO3. The van der Waals surface area contributed by atoms with Crippen LogP contribution in [-0.2, 0) is 11.4 Å². The largest absolute Gasteiger partial charge is 0.493 e. The van der Waals surface area contributed by atoms with Crippen molar-refractivity contribution in [3.8, 4) is 11.5 Å². The number of carbonyl (C=O) groups excluding carboxylic acids is 1. The fourth-order valence-corrected chi connectivity index (χ4v) is 3.27. The maximum Gasteiger partial charge on any atom is 0.256 e. The number of benzene rings is 3. The molecule has 4 rings (SSSR count). The zero-order valence-corrected chi connectivity index (χ0v) is 16.0. The average Bonchev–Trinajstić information content (AvgIpc) is 3.02. The van der Waals surface area contributed by atoms with E-state index >= 15 is 0 Å². The van der Waals surface area contributed by atoms with Gasteiger partial charge in [-0.15, -0.1) is 0 Å². The third-order valence-electron chi connectivity index (χ3n) is 4.50. The number of hydrogen-bond acceptors (Lipinski definition) is 3. The molecule has 0 aliphatic carbocycles. The monoisotopic (exact) mass is 391 g/mol. The molecule has 0 bridgehead atoms. The molecule has 4 nitrogen and oxygen atoms in total. The first kappa shape index (κ1) is 18.1. The summed E-state index contributed by atoms with van der Waals surface area (Å²) in [5.41, 5.74) is 4.03. The summed E-state index contributed by atoms with van der Waals surface area (Å²) in [4.78, 5) is 12.3. The number of rotatable bonds is 5. The van der Waals surface area contributed by atoms with E-state index in [2.05, 4.69) is 5.32 Å². The zero-order valence-electron chi connectivity index (χ0n) is 15.2. The third-order valence-corrected chi connectivity index (χ3v) is 4.74. The first-order valence-corrected chi connectivity index (χ1v) is 9.19. The highest BCUT2D eigenvalue weighted by molar-refractivity contribution is 6.36. The number of carbonyl (C=O) groups is 1. The van der Waals surface area contributed by atoms with Crippen LogP contribution in [0.2, 0.25) is 5.02 Å². The fourth-order valence-electron chi connectivity index (χ4n) is 3.10. The van der Waals surface area contributed by atoms with Crippen molar-refractivity contribution in [3.05, 3.63) is 88.4 Å². The van der Waals surface area contributed by atoms with Crippen LogP contribution in [0.3, 0.4) is 0 Å². The van der Waals surface area contributed by atoms with Gasteiger partial charge in [0, 0.05) is 21.8 Å². The summed E-state index contributed by atoms with van der Waals surface area (Å²) in [6.45, 7) is 0.450. The van der Waals surface area contributed by atoms with Crippen molar-refractivity contribution in [1.82, 2.24) is 0 Å². The Kier molecular flexibility index (Phi) is 5.04. The van der Waals surface area contributed by atoms with Crippen molar-refractivity contribution in [2.45, 2.75) is 6.61 Å². The molecule has 140 valence electrons. The Morgan fingerprint density at radius 2 is 1.82 bits per heavy atom. The van der Waals surface area contributed by atoms with Gasteiger partial charge in [-0.2, -0.15) is 0 Å². The number of methoxy groups -OCH3 is 1. The molecule has 5 heteroatoms. The van der Waals surface area contributed by atoms with Crippen LogP contribution in [0.1, 0.15) is 16.7 Å². The highest BCUT2D eigenvalue weighted by Crippen LogP contribution is 2.36. The van der Waals surface area contributed by atoms with E-state index in [9.17, 15) is 4.79 Å². The smallest absolute Gasteiger partial charge is 0.256 e. The summed E-state index contributed by atoms with van der Waals surface area (Å²) in [5, 5.41) is 3.44. The van der Waals surface area contributed by atoms with Crippen LogP contribution in [0.4, 0.5) is 5.69 Å². The van der Waals surface area contributed by atoms with Gasteiger partial charge in [0.2, 0.25) is 0 Å². The molecule has 0 fully saturated rings. The van der Waals surface area contributed by atoms with Crippen molar-refractivity contribution >= 4 is 34.8 Å². The van der Waals surface area contributed by atoms with Crippen molar-refractivity contribution in [2.24, 2.45) is 0 Å². The van der Waals surface area contributed by atoms with Gasteiger partial charge in [0.25, 0.3) is 5.91 Å². The van der Waals surface area contributed by atoms with Gasteiger partial charge in [0.15, 0.2) is 11.5 Å². The van der Waals surface area contributed by atoms with E-state index < -0.39 is 0 Å². The van der Waals surface area contributed by atoms with Crippen LogP contribution in [0.5, 0.6) is 11.5 Å². The van der Waals surface area contributed by atoms with E-state index in [-0.39, 0.29) is 5.91 Å². The Hall–Kier alpha value is -3.24. The van der Waals surface area contributed by atoms with Crippen LogP contribution in [0.25, 0.3) is 11.6 Å². The Morgan fingerprint density at radius 1 is 1.00 bits per heavy atom. The lowest BCUT2D eigenvalue weighted by Gasteiger charge is -2.11. The molecule has 1 aliphatic heterocycles. The van der Waals surface area contributed by atoms with E-state index in [1.807, 2.05) is 54.6 Å². The van der Waals surface area contributed by atoms with Gasteiger partial charge < -0.3 is 14.8 Å². The maximum absolute atomic E-state index is 12.3. The number of nitrogens with one attached hydrogen (secondary N) is 1. The first-order chi connectivity index (χ1) is 13.6. The molecule has 0 aromatic heterocycles. The highest BCUT2D eigenvalue weighted by atomic mass is 35.5. The quantitative estimate of drug-likeness (QED) is 0.591. The lowest BCUT2D eigenvalue weighted by Crippen LogP contribution is -2.03. The van der Waals surface area contributed by atoms with E-state index in [0.29, 0.717) is 28.7 Å². The van der Waals surface area contributed by atoms with Crippen LogP contribution < -0.4 is 14.8 Å². The van der Waals surface area contributed by atoms with Gasteiger partial charge in [-0.25, -0.2) is 0 Å². The van der Waals surface area contributed by atoms with E-state index in [0.717, 1.165) is 22.4 Å². The minimum atomic E-state index is -0.152. The Labute approximate surface area is 168 Å². The minimum absolute atomic E-state index is 0.152. The van der Waals surface area contributed by atoms with Crippen LogP contribution in [-0.4, -0.2) is 13.0 Å². The number of ether oxygens (including phenoxy) is 2. The van der Waals surface area contributed by atoms with Gasteiger partial charge in [-0.05, 0) is 47.5 Å². The number of halogens is 1. The molecule has 1 amide bonds. The number of hydrogen-bond donors (Lipinski definition) is 1. The standard InChI is InChI=1S/C23H18ClNO3/c1-27-22-12-16(7-10-21(22)28-14-15-5-3-2-4-6-15)11-19-18-13-17(24)8-9-20(18)25-23(19)26/h2-13H,14H2,1H3,(H,25,26)/b19-11+. The topological polar surface area (TPSA) is 47.6 Å². The SMILES string of the molecule is COc1cc(/C=C2/C(=O)Nc3ccc(Cl)cc32)ccc1OCc1ccccc1. The summed E-state index contributed by atoms with van der Waals surface area (Å²) >= 11 is 6.09. The van der Waals surface area contributed by atoms with E-state index in [1.165, 1.54) is 0 Å². The van der Waals surface area contributed by atoms with Crippen molar-refractivity contribution in [1.29, 1.82) is 0 Å². The molecule has 1 aliphatic rings. The molecule has 0 spiro atoms. The lowest BCUT2D eigenvalue weighted by molar-refractivity contribution is -0.110. The molecule has 1 N–H and O–H groups in total. The number of amides is 1. The molecule has 3 aromatic carbocycles.